The first-order chi connectivity index (χ1) is 5.56. The van der Waals surface area contributed by atoms with Gasteiger partial charge in [0.25, 0.3) is 0 Å². The number of nitrogens with one attached hydrogen (secondary N) is 1. The van der Waals surface area contributed by atoms with Crippen LogP contribution in [0.4, 0.5) is 0 Å². The van der Waals surface area contributed by atoms with E-state index >= 15 is 0 Å². The molecule has 0 spiro atoms. The molecule has 0 aromatic heterocycles. The second kappa shape index (κ2) is 5.99. The molecule has 0 rings (SSSR count). The Labute approximate surface area is 76.4 Å². The number of hydrogen-bond acceptors (Lipinski definition) is 1. The van der Waals surface area contributed by atoms with Crippen LogP contribution in [0, 0.1) is 17.2 Å². The molecule has 2 unspecified atom stereocenters. The Bertz CT molecular complexity index is 158. The fourth-order valence-electron chi connectivity index (χ4n) is 1.07. The van der Waals surface area contributed by atoms with Crippen molar-refractivity contribution in [1.82, 2.24) is 0 Å². The van der Waals surface area contributed by atoms with Gasteiger partial charge >= 0.3 is 0 Å². The van der Waals surface area contributed by atoms with Crippen molar-refractivity contribution in [2.75, 3.05) is 0 Å². The molecular formula is C11H21N. The molecule has 0 aliphatic heterocycles. The summed E-state index contributed by atoms with van der Waals surface area (Å²) >= 11 is 0. The minimum absolute atomic E-state index is 0.525. The van der Waals surface area contributed by atoms with E-state index in [4.69, 9.17) is 5.41 Å². The van der Waals surface area contributed by atoms with Gasteiger partial charge in [-0.3, -0.25) is 0 Å². The van der Waals surface area contributed by atoms with Crippen molar-refractivity contribution < 1.29 is 0 Å². The first kappa shape index (κ1) is 11.4. The lowest BCUT2D eigenvalue weighted by Gasteiger charge is -2.05. The van der Waals surface area contributed by atoms with E-state index in [2.05, 4.69) is 32.9 Å². The summed E-state index contributed by atoms with van der Waals surface area (Å²) in [5, 5.41) is 7.32. The lowest BCUT2D eigenvalue weighted by atomic mass is 10.0. The highest BCUT2D eigenvalue weighted by atomic mass is 14.4. The topological polar surface area (TPSA) is 23.9 Å². The van der Waals surface area contributed by atoms with Crippen LogP contribution >= 0.6 is 0 Å². The third-order valence-corrected chi connectivity index (χ3v) is 2.04. The molecule has 1 nitrogen and oxygen atoms in total. The van der Waals surface area contributed by atoms with E-state index in [0.29, 0.717) is 11.8 Å². The number of hydrogen-bond donors (Lipinski definition) is 1. The van der Waals surface area contributed by atoms with Gasteiger partial charge in [-0.15, -0.1) is 0 Å². The Morgan fingerprint density at radius 2 is 1.75 bits per heavy atom. The standard InChI is InChI=1S/C11H21N/c1-5-9(2)6-7-10(3)8-11(4)12/h6-7,9-10,12H,5,8H2,1-4H3. The SMILES string of the molecule is CCC(C)C=CC(C)CC(C)=N. The van der Waals surface area contributed by atoms with Crippen molar-refractivity contribution in [3.63, 3.8) is 0 Å². The average molecular weight is 167 g/mol. The summed E-state index contributed by atoms with van der Waals surface area (Å²) in [4.78, 5) is 0. The quantitative estimate of drug-likeness (QED) is 0.477. The van der Waals surface area contributed by atoms with E-state index in [9.17, 15) is 0 Å². The van der Waals surface area contributed by atoms with Crippen LogP contribution in [0.5, 0.6) is 0 Å². The zero-order valence-electron chi connectivity index (χ0n) is 8.72. The summed E-state index contributed by atoms with van der Waals surface area (Å²) in [6.07, 6.45) is 6.58. The highest BCUT2D eigenvalue weighted by Gasteiger charge is 1.98. The lowest BCUT2D eigenvalue weighted by molar-refractivity contribution is 0.678. The van der Waals surface area contributed by atoms with Crippen LogP contribution in [0.3, 0.4) is 0 Å². The molecule has 0 bridgehead atoms. The maximum Gasteiger partial charge on any atom is 0.00639 e. The van der Waals surface area contributed by atoms with E-state index in [-0.39, 0.29) is 0 Å². The zero-order chi connectivity index (χ0) is 9.56. The molecule has 12 heavy (non-hydrogen) atoms. The molecule has 0 fully saturated rings. The summed E-state index contributed by atoms with van der Waals surface area (Å²) in [5.41, 5.74) is 0.774. The molecule has 1 N–H and O–H groups in total. The Balaban J connectivity index is 3.74. The molecule has 0 saturated carbocycles. The van der Waals surface area contributed by atoms with E-state index in [0.717, 1.165) is 12.1 Å². The third-order valence-electron chi connectivity index (χ3n) is 2.04. The van der Waals surface area contributed by atoms with Gasteiger partial charge in [0.2, 0.25) is 0 Å². The molecule has 70 valence electrons. The van der Waals surface area contributed by atoms with Gasteiger partial charge in [0.05, 0.1) is 0 Å². The molecule has 0 radical (unpaired) electrons. The first-order valence-electron chi connectivity index (χ1n) is 4.78. The maximum atomic E-state index is 7.32. The van der Waals surface area contributed by atoms with Gasteiger partial charge in [0.15, 0.2) is 0 Å². The Morgan fingerprint density at radius 3 is 2.17 bits per heavy atom. The molecule has 0 aromatic carbocycles. The van der Waals surface area contributed by atoms with Crippen LogP contribution in [0.2, 0.25) is 0 Å². The summed E-state index contributed by atoms with van der Waals surface area (Å²) in [7, 11) is 0. The van der Waals surface area contributed by atoms with Crippen molar-refractivity contribution in [3.05, 3.63) is 12.2 Å². The summed E-state index contributed by atoms with van der Waals surface area (Å²) in [6.45, 7) is 8.45. The van der Waals surface area contributed by atoms with E-state index in [1.54, 1.807) is 0 Å². The van der Waals surface area contributed by atoms with Crippen LogP contribution in [0.1, 0.15) is 40.5 Å². The van der Waals surface area contributed by atoms with E-state index in [1.807, 2.05) is 6.92 Å². The molecule has 0 aliphatic rings. The zero-order valence-corrected chi connectivity index (χ0v) is 8.72. The largest absolute Gasteiger partial charge is 0.310 e. The van der Waals surface area contributed by atoms with Gasteiger partial charge in [-0.1, -0.05) is 39.3 Å². The van der Waals surface area contributed by atoms with E-state index in [1.165, 1.54) is 6.42 Å². The monoisotopic (exact) mass is 167 g/mol. The Morgan fingerprint density at radius 1 is 1.25 bits per heavy atom. The van der Waals surface area contributed by atoms with Gasteiger partial charge in [-0.2, -0.15) is 0 Å². The van der Waals surface area contributed by atoms with Crippen molar-refractivity contribution in [2.45, 2.75) is 40.5 Å². The molecule has 0 amide bonds. The minimum Gasteiger partial charge on any atom is -0.310 e. The maximum absolute atomic E-state index is 7.32. The van der Waals surface area contributed by atoms with Crippen LogP contribution in [0.25, 0.3) is 0 Å². The fourth-order valence-corrected chi connectivity index (χ4v) is 1.07. The van der Waals surface area contributed by atoms with Crippen LogP contribution in [-0.4, -0.2) is 5.71 Å². The number of rotatable bonds is 5. The van der Waals surface area contributed by atoms with Crippen molar-refractivity contribution >= 4 is 5.71 Å². The highest BCUT2D eigenvalue weighted by Crippen LogP contribution is 2.09. The number of allylic oxidation sites excluding steroid dienone is 2. The van der Waals surface area contributed by atoms with Gasteiger partial charge in [0, 0.05) is 5.71 Å². The Hall–Kier alpha value is -0.590. The summed E-state index contributed by atoms with van der Waals surface area (Å²) < 4.78 is 0. The predicted octanol–water partition coefficient (Wildman–Crippen LogP) is 3.65. The van der Waals surface area contributed by atoms with Crippen LogP contribution < -0.4 is 0 Å². The molecule has 0 aliphatic carbocycles. The van der Waals surface area contributed by atoms with Crippen LogP contribution in [-0.2, 0) is 0 Å². The molecule has 0 aromatic rings. The predicted molar refractivity (Wildman–Crippen MR) is 55.8 cm³/mol. The second-order valence-electron chi connectivity index (χ2n) is 3.73. The molecule has 2 atom stereocenters. The van der Waals surface area contributed by atoms with Crippen LogP contribution in [0.15, 0.2) is 12.2 Å². The lowest BCUT2D eigenvalue weighted by Crippen LogP contribution is -1.98. The Kier molecular flexibility index (Phi) is 5.69. The van der Waals surface area contributed by atoms with Crippen molar-refractivity contribution in [3.8, 4) is 0 Å². The van der Waals surface area contributed by atoms with Gasteiger partial charge < -0.3 is 5.41 Å². The molecule has 1 heteroatoms. The van der Waals surface area contributed by atoms with Gasteiger partial charge in [0.1, 0.15) is 0 Å². The first-order valence-corrected chi connectivity index (χ1v) is 4.78. The fraction of sp³-hybridized carbons (Fsp3) is 0.727. The van der Waals surface area contributed by atoms with Crippen molar-refractivity contribution in [2.24, 2.45) is 11.8 Å². The van der Waals surface area contributed by atoms with Gasteiger partial charge in [-0.05, 0) is 25.2 Å². The molecule has 0 saturated heterocycles. The summed E-state index contributed by atoms with van der Waals surface area (Å²) in [5.74, 6) is 1.20. The normalized spacial score (nSPS) is 16.3. The second-order valence-corrected chi connectivity index (χ2v) is 3.73. The third kappa shape index (κ3) is 6.14. The highest BCUT2D eigenvalue weighted by molar-refractivity contribution is 5.78. The van der Waals surface area contributed by atoms with E-state index < -0.39 is 0 Å². The minimum atomic E-state index is 0.525. The smallest absolute Gasteiger partial charge is 0.00639 e. The molecule has 0 heterocycles. The molecular weight excluding hydrogens is 146 g/mol. The van der Waals surface area contributed by atoms with Gasteiger partial charge in [-0.25, -0.2) is 0 Å². The van der Waals surface area contributed by atoms with Crippen molar-refractivity contribution in [1.29, 1.82) is 5.41 Å². The summed E-state index contributed by atoms with van der Waals surface area (Å²) in [6, 6.07) is 0. The average Bonchev–Trinajstić information content (AvgIpc) is 1.99.